The van der Waals surface area contributed by atoms with Crippen molar-refractivity contribution in [1.82, 2.24) is 9.78 Å². The molecule has 2 aromatic rings. The predicted molar refractivity (Wildman–Crippen MR) is 62.8 cm³/mol. The molecule has 0 aliphatic rings. The van der Waals surface area contributed by atoms with Crippen molar-refractivity contribution in [2.75, 3.05) is 5.73 Å². The average molecular weight is 273 g/mol. The molecule has 1 aromatic carbocycles. The first-order chi connectivity index (χ1) is 8.73. The van der Waals surface area contributed by atoms with Gasteiger partial charge in [0.25, 0.3) is 0 Å². The molecule has 1 heterocycles. The molecular formula is C12H11F4N3. The van der Waals surface area contributed by atoms with E-state index in [0.717, 1.165) is 6.07 Å². The van der Waals surface area contributed by atoms with Crippen LogP contribution in [0.25, 0.3) is 11.3 Å². The molecule has 1 aromatic heterocycles. The van der Waals surface area contributed by atoms with Gasteiger partial charge < -0.3 is 5.73 Å². The van der Waals surface area contributed by atoms with Crippen LogP contribution in [0.15, 0.2) is 18.2 Å². The van der Waals surface area contributed by atoms with E-state index in [1.54, 1.807) is 6.92 Å². The number of halogens is 4. The van der Waals surface area contributed by atoms with Gasteiger partial charge in [0.15, 0.2) is 0 Å². The van der Waals surface area contributed by atoms with Gasteiger partial charge in [-0.2, -0.15) is 18.3 Å². The molecule has 0 atom stereocenters. The van der Waals surface area contributed by atoms with Gasteiger partial charge in [0.05, 0.1) is 5.56 Å². The largest absolute Gasteiger partial charge is 0.419 e. The lowest BCUT2D eigenvalue weighted by Crippen LogP contribution is -2.09. The highest BCUT2D eigenvalue weighted by Gasteiger charge is 2.35. The Morgan fingerprint density at radius 2 is 1.89 bits per heavy atom. The Hall–Kier alpha value is -2.05. The van der Waals surface area contributed by atoms with Crippen molar-refractivity contribution >= 4 is 5.82 Å². The van der Waals surface area contributed by atoms with Crippen LogP contribution in [0.4, 0.5) is 23.4 Å². The van der Waals surface area contributed by atoms with Gasteiger partial charge in [-0.3, -0.25) is 4.68 Å². The fraction of sp³-hybridized carbons (Fsp3) is 0.250. The van der Waals surface area contributed by atoms with Crippen LogP contribution >= 0.6 is 0 Å². The van der Waals surface area contributed by atoms with Gasteiger partial charge in [-0.1, -0.05) is 6.07 Å². The lowest BCUT2D eigenvalue weighted by Gasteiger charge is -2.10. The monoisotopic (exact) mass is 273 g/mol. The number of aromatic nitrogens is 2. The topological polar surface area (TPSA) is 43.8 Å². The lowest BCUT2D eigenvalue weighted by molar-refractivity contribution is -0.139. The lowest BCUT2D eigenvalue weighted by atomic mass is 10.0. The van der Waals surface area contributed by atoms with E-state index < -0.39 is 17.6 Å². The van der Waals surface area contributed by atoms with Crippen LogP contribution in [0.2, 0.25) is 0 Å². The summed E-state index contributed by atoms with van der Waals surface area (Å²) >= 11 is 0. The molecule has 0 spiro atoms. The summed E-state index contributed by atoms with van der Waals surface area (Å²) in [6.07, 6.45) is -4.74. The van der Waals surface area contributed by atoms with Crippen LogP contribution in [0.5, 0.6) is 0 Å². The van der Waals surface area contributed by atoms with Gasteiger partial charge in [-0.05, 0) is 19.1 Å². The van der Waals surface area contributed by atoms with E-state index in [4.69, 9.17) is 5.73 Å². The highest BCUT2D eigenvalue weighted by Crippen LogP contribution is 2.36. The van der Waals surface area contributed by atoms with Gasteiger partial charge >= 0.3 is 6.18 Å². The maximum atomic E-state index is 14.0. The summed E-state index contributed by atoms with van der Waals surface area (Å²) < 4.78 is 53.2. The SMILES string of the molecule is Cc1c(-c2cccc(C(F)(F)F)c2F)nn(C)c1N. The minimum absolute atomic E-state index is 0.114. The number of nitrogens with two attached hydrogens (primary N) is 1. The first-order valence-corrected chi connectivity index (χ1v) is 5.38. The molecule has 19 heavy (non-hydrogen) atoms. The van der Waals surface area contributed by atoms with E-state index in [0.29, 0.717) is 11.6 Å². The Morgan fingerprint density at radius 1 is 1.26 bits per heavy atom. The van der Waals surface area contributed by atoms with Crippen molar-refractivity contribution in [2.24, 2.45) is 7.05 Å². The average Bonchev–Trinajstić information content (AvgIpc) is 2.56. The Balaban J connectivity index is 2.67. The number of aryl methyl sites for hydroxylation is 1. The summed E-state index contributed by atoms with van der Waals surface area (Å²) in [5.74, 6) is -1.05. The normalized spacial score (nSPS) is 11.9. The van der Waals surface area contributed by atoms with Crippen LogP contribution in [0, 0.1) is 12.7 Å². The molecule has 102 valence electrons. The molecule has 0 aliphatic heterocycles. The van der Waals surface area contributed by atoms with Gasteiger partial charge in [-0.15, -0.1) is 0 Å². The molecule has 0 radical (unpaired) electrons. The summed E-state index contributed by atoms with van der Waals surface area (Å²) in [4.78, 5) is 0. The zero-order valence-electron chi connectivity index (χ0n) is 10.2. The fourth-order valence-electron chi connectivity index (χ4n) is 1.83. The second-order valence-corrected chi connectivity index (χ2v) is 4.15. The van der Waals surface area contributed by atoms with Gasteiger partial charge in [0, 0.05) is 18.2 Å². The zero-order chi connectivity index (χ0) is 14.4. The molecule has 0 bridgehead atoms. The Labute approximate surface area is 106 Å². The molecule has 0 saturated heterocycles. The zero-order valence-corrected chi connectivity index (χ0v) is 10.2. The fourth-order valence-corrected chi connectivity index (χ4v) is 1.83. The molecule has 7 heteroatoms. The van der Waals surface area contributed by atoms with Crippen molar-refractivity contribution in [1.29, 1.82) is 0 Å². The first kappa shape index (κ1) is 13.4. The second-order valence-electron chi connectivity index (χ2n) is 4.15. The number of nitrogen functional groups attached to an aromatic ring is 1. The molecule has 0 unspecified atom stereocenters. The van der Waals surface area contributed by atoms with E-state index in [2.05, 4.69) is 5.10 Å². The minimum atomic E-state index is -4.74. The molecule has 3 nitrogen and oxygen atoms in total. The number of hydrogen-bond acceptors (Lipinski definition) is 2. The molecule has 0 amide bonds. The Morgan fingerprint density at radius 3 is 2.37 bits per heavy atom. The van der Waals surface area contributed by atoms with E-state index in [9.17, 15) is 17.6 Å². The number of nitrogens with zero attached hydrogens (tertiary/aromatic N) is 2. The molecular weight excluding hydrogens is 262 g/mol. The molecule has 0 aliphatic carbocycles. The second kappa shape index (κ2) is 4.25. The first-order valence-electron chi connectivity index (χ1n) is 5.38. The van der Waals surface area contributed by atoms with E-state index in [-0.39, 0.29) is 17.1 Å². The number of benzene rings is 1. The predicted octanol–water partition coefficient (Wildman–Crippen LogP) is 3.14. The van der Waals surface area contributed by atoms with Crippen LogP contribution in [0.1, 0.15) is 11.1 Å². The van der Waals surface area contributed by atoms with E-state index >= 15 is 0 Å². The molecule has 2 N–H and O–H groups in total. The third-order valence-electron chi connectivity index (χ3n) is 2.90. The van der Waals surface area contributed by atoms with Crippen molar-refractivity contribution in [3.63, 3.8) is 0 Å². The molecule has 2 rings (SSSR count). The number of anilines is 1. The third kappa shape index (κ3) is 2.16. The maximum absolute atomic E-state index is 14.0. The van der Waals surface area contributed by atoms with Gasteiger partial charge in [0.2, 0.25) is 0 Å². The highest BCUT2D eigenvalue weighted by molar-refractivity contribution is 5.69. The van der Waals surface area contributed by atoms with Crippen LogP contribution in [-0.2, 0) is 13.2 Å². The summed E-state index contributed by atoms with van der Waals surface area (Å²) in [7, 11) is 1.54. The number of alkyl halides is 3. The summed E-state index contributed by atoms with van der Waals surface area (Å²) in [6.45, 7) is 1.58. The van der Waals surface area contributed by atoms with Gasteiger partial charge in [0.1, 0.15) is 17.3 Å². The van der Waals surface area contributed by atoms with Crippen molar-refractivity contribution in [3.8, 4) is 11.3 Å². The summed E-state index contributed by atoms with van der Waals surface area (Å²) in [5.41, 5.74) is 4.71. The quantitative estimate of drug-likeness (QED) is 0.811. The minimum Gasteiger partial charge on any atom is -0.384 e. The summed E-state index contributed by atoms with van der Waals surface area (Å²) in [5, 5.41) is 3.95. The van der Waals surface area contributed by atoms with Crippen LogP contribution in [0.3, 0.4) is 0 Å². The number of rotatable bonds is 1. The Kier molecular flexibility index (Phi) is 3.00. The van der Waals surface area contributed by atoms with Crippen LogP contribution in [-0.4, -0.2) is 9.78 Å². The Bertz CT molecular complexity index is 629. The third-order valence-corrected chi connectivity index (χ3v) is 2.90. The van der Waals surface area contributed by atoms with Crippen LogP contribution < -0.4 is 5.73 Å². The van der Waals surface area contributed by atoms with Crippen molar-refractivity contribution in [2.45, 2.75) is 13.1 Å². The maximum Gasteiger partial charge on any atom is 0.419 e. The smallest absolute Gasteiger partial charge is 0.384 e. The van der Waals surface area contributed by atoms with Gasteiger partial charge in [-0.25, -0.2) is 4.39 Å². The van der Waals surface area contributed by atoms with E-state index in [1.807, 2.05) is 0 Å². The molecule has 0 saturated carbocycles. The van der Waals surface area contributed by atoms with Crippen molar-refractivity contribution in [3.05, 3.63) is 35.1 Å². The summed E-state index contributed by atoms with van der Waals surface area (Å²) in [6, 6.07) is 3.09. The van der Waals surface area contributed by atoms with E-state index in [1.165, 1.54) is 17.8 Å². The molecule has 0 fully saturated rings. The standard InChI is InChI=1S/C12H11F4N3/c1-6-10(18-19(2)11(6)17)7-4-3-5-8(9(7)13)12(14,15)16/h3-5H,17H2,1-2H3. The highest BCUT2D eigenvalue weighted by atomic mass is 19.4. The van der Waals surface area contributed by atoms with Crippen molar-refractivity contribution < 1.29 is 17.6 Å². The number of hydrogen-bond donors (Lipinski definition) is 1.